The molecule has 15 heavy (non-hydrogen) atoms. The number of nitriles is 1. The molecule has 0 aromatic carbocycles. The van der Waals surface area contributed by atoms with Crippen LogP contribution in [0.2, 0.25) is 0 Å². The number of hydrogen-bond donors (Lipinski definition) is 1. The van der Waals surface area contributed by atoms with Gasteiger partial charge in [-0.25, -0.2) is 0 Å². The Morgan fingerprint density at radius 3 is 2.67 bits per heavy atom. The van der Waals surface area contributed by atoms with E-state index in [-0.39, 0.29) is 17.6 Å². The molecule has 0 aliphatic heterocycles. The van der Waals surface area contributed by atoms with Crippen molar-refractivity contribution in [1.29, 1.82) is 5.26 Å². The summed E-state index contributed by atoms with van der Waals surface area (Å²) in [5, 5.41) is 8.85. The van der Waals surface area contributed by atoms with E-state index in [2.05, 4.69) is 6.07 Å². The second-order valence-corrected chi connectivity index (χ2v) is 5.10. The smallest absolute Gasteiger partial charge is 0.0725 e. The topological polar surface area (TPSA) is 59.0 Å². The van der Waals surface area contributed by atoms with Gasteiger partial charge >= 0.3 is 0 Å². The van der Waals surface area contributed by atoms with E-state index in [4.69, 9.17) is 15.7 Å². The number of rotatable bonds is 4. The van der Waals surface area contributed by atoms with Gasteiger partial charge < -0.3 is 10.5 Å². The number of ether oxygens (including phenoxy) is 1. The Kier molecular flexibility index (Phi) is 4.56. The van der Waals surface area contributed by atoms with Gasteiger partial charge in [-0.05, 0) is 33.1 Å². The molecule has 86 valence electrons. The third-order valence-corrected chi connectivity index (χ3v) is 3.12. The summed E-state index contributed by atoms with van der Waals surface area (Å²) in [6, 6.07) is 2.48. The zero-order valence-electron chi connectivity index (χ0n) is 9.83. The van der Waals surface area contributed by atoms with Gasteiger partial charge in [-0.3, -0.25) is 0 Å². The van der Waals surface area contributed by atoms with Crippen molar-refractivity contribution < 1.29 is 4.74 Å². The number of hydrogen-bond acceptors (Lipinski definition) is 3. The molecule has 1 fully saturated rings. The highest BCUT2D eigenvalue weighted by atomic mass is 16.5. The van der Waals surface area contributed by atoms with Crippen LogP contribution >= 0.6 is 0 Å². The lowest BCUT2D eigenvalue weighted by Gasteiger charge is -2.29. The van der Waals surface area contributed by atoms with Crippen LogP contribution in [-0.4, -0.2) is 18.8 Å². The average Bonchev–Trinajstić information content (AvgIpc) is 2.21. The minimum atomic E-state index is -0.279. The summed E-state index contributed by atoms with van der Waals surface area (Å²) < 4.78 is 5.76. The van der Waals surface area contributed by atoms with E-state index in [0.29, 0.717) is 6.61 Å². The van der Waals surface area contributed by atoms with Crippen molar-refractivity contribution in [3.8, 4) is 6.07 Å². The van der Waals surface area contributed by atoms with Gasteiger partial charge in [0.2, 0.25) is 0 Å². The second kappa shape index (κ2) is 5.48. The van der Waals surface area contributed by atoms with Crippen LogP contribution in [-0.2, 0) is 4.74 Å². The molecular weight excluding hydrogens is 188 g/mol. The Morgan fingerprint density at radius 2 is 2.07 bits per heavy atom. The van der Waals surface area contributed by atoms with Crippen LogP contribution in [0.15, 0.2) is 0 Å². The first-order valence-electron chi connectivity index (χ1n) is 5.83. The molecule has 1 aliphatic carbocycles. The van der Waals surface area contributed by atoms with E-state index in [1.165, 1.54) is 12.8 Å². The van der Waals surface area contributed by atoms with Crippen molar-refractivity contribution in [1.82, 2.24) is 0 Å². The van der Waals surface area contributed by atoms with E-state index in [1.807, 2.05) is 13.8 Å². The summed E-state index contributed by atoms with van der Waals surface area (Å²) in [5.41, 5.74) is 5.69. The molecule has 0 aromatic heterocycles. The summed E-state index contributed by atoms with van der Waals surface area (Å²) in [6.07, 6.45) is 5.60. The molecule has 0 aromatic rings. The minimum Gasteiger partial charge on any atom is -0.377 e. The van der Waals surface area contributed by atoms with Gasteiger partial charge in [0.25, 0.3) is 0 Å². The molecule has 0 saturated heterocycles. The maximum Gasteiger partial charge on any atom is 0.0725 e. The summed E-state index contributed by atoms with van der Waals surface area (Å²) in [6.45, 7) is 4.53. The second-order valence-electron chi connectivity index (χ2n) is 5.10. The molecule has 3 heteroatoms. The molecule has 0 heterocycles. The molecule has 3 nitrogen and oxygen atoms in total. The fraction of sp³-hybridized carbons (Fsp3) is 0.917. The standard InChI is InChI=1S/C12H22N2O/c1-12(2,9-13)7-8-15-11-6-4-3-5-10(11)14/h10-11H,3-8,14H2,1-2H3. The Hall–Kier alpha value is -0.590. The van der Waals surface area contributed by atoms with Gasteiger partial charge in [-0.15, -0.1) is 0 Å². The summed E-state index contributed by atoms with van der Waals surface area (Å²) in [5.74, 6) is 0. The fourth-order valence-corrected chi connectivity index (χ4v) is 1.85. The molecule has 2 N–H and O–H groups in total. The average molecular weight is 210 g/mol. The van der Waals surface area contributed by atoms with Crippen molar-refractivity contribution in [2.75, 3.05) is 6.61 Å². The third-order valence-electron chi connectivity index (χ3n) is 3.12. The highest BCUT2D eigenvalue weighted by Crippen LogP contribution is 2.22. The van der Waals surface area contributed by atoms with Gasteiger partial charge in [0, 0.05) is 12.6 Å². The van der Waals surface area contributed by atoms with E-state index in [0.717, 1.165) is 19.3 Å². The molecule has 0 radical (unpaired) electrons. The van der Waals surface area contributed by atoms with Crippen LogP contribution in [0.5, 0.6) is 0 Å². The van der Waals surface area contributed by atoms with Crippen LogP contribution in [0.3, 0.4) is 0 Å². The van der Waals surface area contributed by atoms with Crippen LogP contribution in [0.4, 0.5) is 0 Å². The van der Waals surface area contributed by atoms with Crippen LogP contribution in [0, 0.1) is 16.7 Å². The molecule has 2 atom stereocenters. The number of nitrogens with zero attached hydrogens (tertiary/aromatic N) is 1. The summed E-state index contributed by atoms with van der Waals surface area (Å²) in [7, 11) is 0. The molecule has 1 rings (SSSR count). The fourth-order valence-electron chi connectivity index (χ4n) is 1.85. The lowest BCUT2D eigenvalue weighted by atomic mass is 9.91. The highest BCUT2D eigenvalue weighted by molar-refractivity contribution is 4.91. The van der Waals surface area contributed by atoms with Gasteiger partial charge in [-0.1, -0.05) is 12.8 Å². The van der Waals surface area contributed by atoms with Gasteiger partial charge in [0.05, 0.1) is 17.6 Å². The SMILES string of the molecule is CC(C)(C#N)CCOC1CCCCC1N. The van der Waals surface area contributed by atoms with E-state index in [1.54, 1.807) is 0 Å². The van der Waals surface area contributed by atoms with Crippen molar-refractivity contribution in [3.05, 3.63) is 0 Å². The van der Waals surface area contributed by atoms with Crippen molar-refractivity contribution in [3.63, 3.8) is 0 Å². The third kappa shape index (κ3) is 4.19. The zero-order chi connectivity index (χ0) is 11.3. The summed E-state index contributed by atoms with van der Waals surface area (Å²) in [4.78, 5) is 0. The first-order chi connectivity index (χ1) is 7.05. The normalized spacial score (nSPS) is 27.3. The van der Waals surface area contributed by atoms with Crippen LogP contribution in [0.1, 0.15) is 46.0 Å². The van der Waals surface area contributed by atoms with Gasteiger partial charge in [0.1, 0.15) is 0 Å². The van der Waals surface area contributed by atoms with Crippen LogP contribution in [0.25, 0.3) is 0 Å². The lowest BCUT2D eigenvalue weighted by Crippen LogP contribution is -2.39. The first-order valence-corrected chi connectivity index (χ1v) is 5.83. The zero-order valence-corrected chi connectivity index (χ0v) is 9.83. The highest BCUT2D eigenvalue weighted by Gasteiger charge is 2.23. The van der Waals surface area contributed by atoms with Gasteiger partial charge in [-0.2, -0.15) is 5.26 Å². The van der Waals surface area contributed by atoms with E-state index < -0.39 is 0 Å². The predicted octanol–water partition coefficient (Wildman–Crippen LogP) is 2.21. The van der Waals surface area contributed by atoms with E-state index >= 15 is 0 Å². The van der Waals surface area contributed by atoms with Crippen molar-refractivity contribution in [2.24, 2.45) is 11.1 Å². The molecule has 1 aliphatic rings. The van der Waals surface area contributed by atoms with E-state index in [9.17, 15) is 0 Å². The molecule has 0 spiro atoms. The monoisotopic (exact) mass is 210 g/mol. The molecule has 0 amide bonds. The van der Waals surface area contributed by atoms with Crippen molar-refractivity contribution >= 4 is 0 Å². The van der Waals surface area contributed by atoms with Crippen molar-refractivity contribution in [2.45, 2.75) is 58.1 Å². The Labute approximate surface area is 92.6 Å². The van der Waals surface area contributed by atoms with Gasteiger partial charge in [0.15, 0.2) is 0 Å². The Morgan fingerprint density at radius 1 is 1.40 bits per heavy atom. The Balaban J connectivity index is 2.22. The maximum atomic E-state index is 8.85. The number of nitrogens with two attached hydrogens (primary N) is 1. The molecule has 0 bridgehead atoms. The predicted molar refractivity (Wildman–Crippen MR) is 60.2 cm³/mol. The summed E-state index contributed by atoms with van der Waals surface area (Å²) >= 11 is 0. The minimum absolute atomic E-state index is 0.198. The first kappa shape index (κ1) is 12.5. The Bertz CT molecular complexity index is 232. The molecular formula is C12H22N2O. The largest absolute Gasteiger partial charge is 0.377 e. The lowest BCUT2D eigenvalue weighted by molar-refractivity contribution is 0.00647. The maximum absolute atomic E-state index is 8.85. The quantitative estimate of drug-likeness (QED) is 0.774. The van der Waals surface area contributed by atoms with Crippen LogP contribution < -0.4 is 5.73 Å². The molecule has 2 unspecified atom stereocenters. The molecule has 1 saturated carbocycles.